The number of sulfonamides is 1. The Labute approximate surface area is 199 Å². The largest absolute Gasteiger partial charge is 0.366 e. The summed E-state index contributed by atoms with van der Waals surface area (Å²) in [6.07, 6.45) is 0. The van der Waals surface area contributed by atoms with E-state index in [1.807, 2.05) is 0 Å². The standard InChI is InChI=1S/C22H19BrClN3O4S/c23-17-5-1-15(2-6-17)13-27(32(30,31)20-11-7-18(24)8-12-20)14-21(28)26-19-9-3-16(4-10-19)22(25)29/h1-12H,13-14H2,(H2,25,29)(H,26,28). The summed E-state index contributed by atoms with van der Waals surface area (Å²) >= 11 is 9.23. The van der Waals surface area contributed by atoms with Crippen molar-refractivity contribution in [3.8, 4) is 0 Å². The Hall–Kier alpha value is -2.72. The Kier molecular flexibility index (Phi) is 7.68. The van der Waals surface area contributed by atoms with E-state index in [9.17, 15) is 18.0 Å². The van der Waals surface area contributed by atoms with Crippen molar-refractivity contribution in [3.05, 3.63) is 93.4 Å². The van der Waals surface area contributed by atoms with Gasteiger partial charge in [0.15, 0.2) is 0 Å². The highest BCUT2D eigenvalue weighted by Crippen LogP contribution is 2.22. The molecule has 0 bridgehead atoms. The Morgan fingerprint density at radius 2 is 1.53 bits per heavy atom. The zero-order valence-corrected chi connectivity index (χ0v) is 19.8. The van der Waals surface area contributed by atoms with Crippen molar-refractivity contribution in [3.63, 3.8) is 0 Å². The Bertz CT molecular complexity index is 1220. The van der Waals surface area contributed by atoms with Crippen LogP contribution >= 0.6 is 27.5 Å². The van der Waals surface area contributed by atoms with Crippen LogP contribution in [0, 0.1) is 0 Å². The Morgan fingerprint density at radius 3 is 2.09 bits per heavy atom. The highest BCUT2D eigenvalue weighted by molar-refractivity contribution is 9.10. The van der Waals surface area contributed by atoms with Gasteiger partial charge in [0.05, 0.1) is 11.4 Å². The third-order valence-electron chi connectivity index (χ3n) is 4.50. The van der Waals surface area contributed by atoms with Crippen LogP contribution in [0.5, 0.6) is 0 Å². The van der Waals surface area contributed by atoms with Gasteiger partial charge in [-0.2, -0.15) is 4.31 Å². The molecule has 3 aromatic carbocycles. The number of amides is 2. The van der Waals surface area contributed by atoms with Gasteiger partial charge in [-0.3, -0.25) is 9.59 Å². The van der Waals surface area contributed by atoms with E-state index in [1.165, 1.54) is 48.5 Å². The van der Waals surface area contributed by atoms with Crippen LogP contribution in [0.3, 0.4) is 0 Å². The summed E-state index contributed by atoms with van der Waals surface area (Å²) in [6.45, 7) is -0.426. The van der Waals surface area contributed by atoms with Gasteiger partial charge in [0.2, 0.25) is 21.8 Å². The smallest absolute Gasteiger partial charge is 0.248 e. The summed E-state index contributed by atoms with van der Waals surface area (Å²) in [7, 11) is -3.99. The molecule has 0 spiro atoms. The lowest BCUT2D eigenvalue weighted by Crippen LogP contribution is -2.37. The number of carbonyl (C=O) groups excluding carboxylic acids is 2. The van der Waals surface area contributed by atoms with Crippen LogP contribution < -0.4 is 11.1 Å². The fourth-order valence-electron chi connectivity index (χ4n) is 2.85. The van der Waals surface area contributed by atoms with E-state index in [0.717, 1.165) is 8.78 Å². The van der Waals surface area contributed by atoms with E-state index in [2.05, 4.69) is 21.2 Å². The van der Waals surface area contributed by atoms with Crippen molar-refractivity contribution in [2.24, 2.45) is 5.73 Å². The number of hydrogen-bond donors (Lipinski definition) is 2. The first kappa shape index (κ1) is 23.9. The van der Waals surface area contributed by atoms with Crippen molar-refractivity contribution < 1.29 is 18.0 Å². The third kappa shape index (κ3) is 6.17. The normalized spacial score (nSPS) is 11.3. The zero-order chi connectivity index (χ0) is 23.3. The molecule has 0 aliphatic heterocycles. The fraction of sp³-hybridized carbons (Fsp3) is 0.0909. The van der Waals surface area contributed by atoms with Crippen molar-refractivity contribution in [1.29, 1.82) is 0 Å². The molecule has 7 nitrogen and oxygen atoms in total. The summed E-state index contributed by atoms with van der Waals surface area (Å²) in [5, 5.41) is 3.04. The van der Waals surface area contributed by atoms with Gasteiger partial charge in [0.25, 0.3) is 0 Å². The van der Waals surface area contributed by atoms with E-state index in [0.29, 0.717) is 21.8 Å². The first-order valence-electron chi connectivity index (χ1n) is 9.35. The molecule has 0 saturated heterocycles. The van der Waals surface area contributed by atoms with Crippen molar-refractivity contribution in [1.82, 2.24) is 4.31 Å². The summed E-state index contributed by atoms with van der Waals surface area (Å²) < 4.78 is 28.5. The van der Waals surface area contributed by atoms with Crippen molar-refractivity contribution in [2.75, 3.05) is 11.9 Å². The van der Waals surface area contributed by atoms with Crippen LogP contribution in [-0.4, -0.2) is 31.1 Å². The molecule has 3 rings (SSSR count). The number of hydrogen-bond acceptors (Lipinski definition) is 4. The van der Waals surface area contributed by atoms with E-state index in [1.54, 1.807) is 24.3 Å². The van der Waals surface area contributed by atoms with Crippen LogP contribution in [-0.2, 0) is 21.4 Å². The predicted molar refractivity (Wildman–Crippen MR) is 127 cm³/mol. The maximum atomic E-state index is 13.3. The summed E-state index contributed by atoms with van der Waals surface area (Å²) in [6, 6.07) is 18.9. The number of carbonyl (C=O) groups is 2. The number of nitrogens with two attached hydrogens (primary N) is 1. The number of nitrogens with one attached hydrogen (secondary N) is 1. The van der Waals surface area contributed by atoms with Gasteiger partial charge in [0.1, 0.15) is 0 Å². The molecule has 3 aromatic rings. The molecule has 10 heteroatoms. The zero-order valence-electron chi connectivity index (χ0n) is 16.7. The number of nitrogens with zero attached hydrogens (tertiary/aromatic N) is 1. The number of anilines is 1. The molecule has 0 saturated carbocycles. The number of primary amides is 1. The van der Waals surface area contributed by atoms with Gasteiger partial charge in [-0.1, -0.05) is 39.7 Å². The number of halogens is 2. The number of rotatable bonds is 8. The lowest BCUT2D eigenvalue weighted by atomic mass is 10.2. The Balaban J connectivity index is 1.84. The van der Waals surface area contributed by atoms with Gasteiger partial charge in [-0.05, 0) is 66.2 Å². The topological polar surface area (TPSA) is 110 Å². The molecule has 166 valence electrons. The van der Waals surface area contributed by atoms with Gasteiger partial charge >= 0.3 is 0 Å². The molecule has 0 fully saturated rings. The molecule has 0 unspecified atom stereocenters. The second-order valence-electron chi connectivity index (χ2n) is 6.84. The van der Waals surface area contributed by atoms with Gasteiger partial charge in [-0.25, -0.2) is 8.42 Å². The second kappa shape index (κ2) is 10.3. The lowest BCUT2D eigenvalue weighted by Gasteiger charge is -2.22. The first-order valence-corrected chi connectivity index (χ1v) is 12.0. The molecule has 0 aromatic heterocycles. The van der Waals surface area contributed by atoms with E-state index in [4.69, 9.17) is 17.3 Å². The minimum absolute atomic E-state index is 0.00767. The lowest BCUT2D eigenvalue weighted by molar-refractivity contribution is -0.116. The quantitative estimate of drug-likeness (QED) is 0.453. The van der Waals surface area contributed by atoms with Crippen molar-refractivity contribution in [2.45, 2.75) is 11.4 Å². The maximum absolute atomic E-state index is 13.3. The average Bonchev–Trinajstić information content (AvgIpc) is 2.75. The Morgan fingerprint density at radius 1 is 0.938 bits per heavy atom. The molecule has 32 heavy (non-hydrogen) atoms. The predicted octanol–water partition coefficient (Wildman–Crippen LogP) is 4.03. The van der Waals surface area contributed by atoms with Gasteiger partial charge in [0, 0.05) is 27.3 Å². The van der Waals surface area contributed by atoms with Gasteiger partial charge < -0.3 is 11.1 Å². The van der Waals surface area contributed by atoms with Crippen LogP contribution in [0.1, 0.15) is 15.9 Å². The van der Waals surface area contributed by atoms with E-state index in [-0.39, 0.29) is 11.4 Å². The SMILES string of the molecule is NC(=O)c1ccc(NC(=O)CN(Cc2ccc(Br)cc2)S(=O)(=O)c2ccc(Cl)cc2)cc1. The minimum atomic E-state index is -3.99. The maximum Gasteiger partial charge on any atom is 0.248 e. The molecule has 0 aliphatic carbocycles. The average molecular weight is 537 g/mol. The van der Waals surface area contributed by atoms with Gasteiger partial charge in [-0.15, -0.1) is 0 Å². The first-order chi connectivity index (χ1) is 15.1. The van der Waals surface area contributed by atoms with Crippen LogP contribution in [0.25, 0.3) is 0 Å². The second-order valence-corrected chi connectivity index (χ2v) is 10.1. The van der Waals surface area contributed by atoms with E-state index < -0.39 is 28.4 Å². The molecule has 0 aliphatic rings. The monoisotopic (exact) mass is 535 g/mol. The molecular formula is C22H19BrClN3O4S. The summed E-state index contributed by atoms with van der Waals surface area (Å²) in [4.78, 5) is 23.9. The van der Waals surface area contributed by atoms with Crippen molar-refractivity contribution >= 4 is 55.1 Å². The molecule has 2 amide bonds. The molecular weight excluding hydrogens is 518 g/mol. The summed E-state index contributed by atoms with van der Waals surface area (Å²) in [5.74, 6) is -1.12. The highest BCUT2D eigenvalue weighted by atomic mass is 79.9. The van der Waals surface area contributed by atoms with Crippen LogP contribution in [0.15, 0.2) is 82.2 Å². The molecule has 0 radical (unpaired) electrons. The van der Waals surface area contributed by atoms with Crippen LogP contribution in [0.4, 0.5) is 5.69 Å². The highest BCUT2D eigenvalue weighted by Gasteiger charge is 2.27. The molecule has 3 N–H and O–H groups in total. The third-order valence-corrected chi connectivity index (χ3v) is 7.08. The van der Waals surface area contributed by atoms with E-state index >= 15 is 0 Å². The van der Waals surface area contributed by atoms with Crippen LogP contribution in [0.2, 0.25) is 5.02 Å². The number of benzene rings is 3. The minimum Gasteiger partial charge on any atom is -0.366 e. The molecule has 0 atom stereocenters. The fourth-order valence-corrected chi connectivity index (χ4v) is 4.63. The molecule has 0 heterocycles. The summed E-state index contributed by atoms with van der Waals surface area (Å²) in [5.41, 5.74) is 6.63.